The van der Waals surface area contributed by atoms with Gasteiger partial charge in [0.25, 0.3) is 0 Å². The largest absolute Gasteiger partial charge is 0.258 e. The Balaban J connectivity index is 1.85. The third-order valence-corrected chi connectivity index (χ3v) is 4.38. The summed E-state index contributed by atoms with van der Waals surface area (Å²) >= 11 is 6.36. The molecule has 0 aliphatic heterocycles. The van der Waals surface area contributed by atoms with Crippen molar-refractivity contribution in [1.29, 1.82) is 0 Å². The van der Waals surface area contributed by atoms with Gasteiger partial charge in [-0.1, -0.05) is 23.7 Å². The molecule has 0 amide bonds. The number of halogens is 1. The predicted octanol–water partition coefficient (Wildman–Crippen LogP) is 2.93. The molecule has 0 fully saturated rings. The van der Waals surface area contributed by atoms with Crippen LogP contribution in [0.2, 0.25) is 5.02 Å². The Hall–Kier alpha value is -2.80. The third kappa shape index (κ3) is 2.43. The highest BCUT2D eigenvalue weighted by Crippen LogP contribution is 2.25. The Kier molecular flexibility index (Phi) is 3.50. The number of nitrogens with zero attached hydrogens (tertiary/aromatic N) is 6. The highest BCUT2D eigenvalue weighted by Gasteiger charge is 2.14. The molecule has 0 atom stereocenters. The zero-order chi connectivity index (χ0) is 16.7. The molecule has 0 radical (unpaired) electrons. The fraction of sp³-hybridized carbons (Fsp3) is 0.188. The first-order chi connectivity index (χ1) is 11.6. The van der Waals surface area contributed by atoms with Crippen molar-refractivity contribution in [3.63, 3.8) is 0 Å². The number of rotatable bonds is 3. The highest BCUT2D eigenvalue weighted by molar-refractivity contribution is 6.31. The number of hydrogen-bond acceptors (Lipinski definition) is 5. The quantitative estimate of drug-likeness (QED) is 0.620. The molecule has 8 heteroatoms. The lowest BCUT2D eigenvalue weighted by atomic mass is 10.1. The SMILES string of the molecule is Cc1cccc(Cl)c1Cn1nc(C)c2ncc(-c3nn[nH]n3)cc21. The summed E-state index contributed by atoms with van der Waals surface area (Å²) in [5.41, 5.74) is 5.60. The van der Waals surface area contributed by atoms with E-state index in [1.165, 1.54) is 0 Å². The molecule has 0 unspecified atom stereocenters. The minimum atomic E-state index is 0.503. The van der Waals surface area contributed by atoms with Crippen LogP contribution >= 0.6 is 11.6 Å². The van der Waals surface area contributed by atoms with Crippen molar-refractivity contribution >= 4 is 22.6 Å². The van der Waals surface area contributed by atoms with Gasteiger partial charge in [-0.05, 0) is 42.3 Å². The summed E-state index contributed by atoms with van der Waals surface area (Å²) < 4.78 is 1.91. The summed E-state index contributed by atoms with van der Waals surface area (Å²) in [6, 6.07) is 7.86. The van der Waals surface area contributed by atoms with E-state index in [1.807, 2.05) is 42.8 Å². The minimum absolute atomic E-state index is 0.503. The van der Waals surface area contributed by atoms with Crippen LogP contribution in [0.5, 0.6) is 0 Å². The van der Waals surface area contributed by atoms with Crippen LogP contribution in [0.3, 0.4) is 0 Å². The van der Waals surface area contributed by atoms with Gasteiger partial charge in [0.1, 0.15) is 5.52 Å². The second kappa shape index (κ2) is 5.68. The molecule has 0 saturated heterocycles. The van der Waals surface area contributed by atoms with Crippen molar-refractivity contribution in [1.82, 2.24) is 35.4 Å². The van der Waals surface area contributed by atoms with E-state index in [0.29, 0.717) is 12.4 Å². The third-order valence-electron chi connectivity index (χ3n) is 4.02. The van der Waals surface area contributed by atoms with Gasteiger partial charge in [-0.15, -0.1) is 10.2 Å². The molecule has 0 aliphatic rings. The molecule has 3 heterocycles. The van der Waals surface area contributed by atoms with E-state index in [9.17, 15) is 0 Å². The van der Waals surface area contributed by atoms with Crippen LogP contribution < -0.4 is 0 Å². The molecule has 0 spiro atoms. The van der Waals surface area contributed by atoms with E-state index >= 15 is 0 Å². The van der Waals surface area contributed by atoms with Crippen LogP contribution in [-0.4, -0.2) is 35.4 Å². The Labute approximate surface area is 142 Å². The number of H-pyrrole nitrogens is 1. The van der Waals surface area contributed by atoms with Crippen molar-refractivity contribution in [3.05, 3.63) is 52.3 Å². The lowest BCUT2D eigenvalue weighted by molar-refractivity contribution is 0.700. The van der Waals surface area contributed by atoms with E-state index in [-0.39, 0.29) is 0 Å². The summed E-state index contributed by atoms with van der Waals surface area (Å²) in [5.74, 6) is 0.503. The molecule has 3 aromatic heterocycles. The zero-order valence-electron chi connectivity index (χ0n) is 13.2. The van der Waals surface area contributed by atoms with Crippen molar-refractivity contribution in [2.24, 2.45) is 0 Å². The maximum absolute atomic E-state index is 6.36. The van der Waals surface area contributed by atoms with Gasteiger partial charge >= 0.3 is 0 Å². The zero-order valence-corrected chi connectivity index (χ0v) is 13.9. The Morgan fingerprint density at radius 1 is 1.25 bits per heavy atom. The molecule has 24 heavy (non-hydrogen) atoms. The molecular formula is C16H14ClN7. The molecule has 1 N–H and O–H groups in total. The van der Waals surface area contributed by atoms with Crippen LogP contribution in [0.25, 0.3) is 22.4 Å². The van der Waals surface area contributed by atoms with Gasteiger partial charge in [-0.25, -0.2) is 0 Å². The van der Waals surface area contributed by atoms with Gasteiger partial charge < -0.3 is 0 Å². The minimum Gasteiger partial charge on any atom is -0.258 e. The van der Waals surface area contributed by atoms with Gasteiger partial charge in [0.2, 0.25) is 5.82 Å². The summed E-state index contributed by atoms with van der Waals surface area (Å²) in [5, 5.41) is 19.4. The summed E-state index contributed by atoms with van der Waals surface area (Å²) in [6.07, 6.45) is 1.73. The molecule has 1 aromatic carbocycles. The van der Waals surface area contributed by atoms with Crippen LogP contribution in [-0.2, 0) is 6.54 Å². The number of aryl methyl sites for hydroxylation is 2. The average molecular weight is 340 g/mol. The van der Waals surface area contributed by atoms with Gasteiger partial charge in [0, 0.05) is 16.8 Å². The molecule has 4 rings (SSSR count). The van der Waals surface area contributed by atoms with Crippen molar-refractivity contribution in [3.8, 4) is 11.4 Å². The van der Waals surface area contributed by atoms with Gasteiger partial charge in [-0.3, -0.25) is 9.67 Å². The monoisotopic (exact) mass is 339 g/mol. The molecular weight excluding hydrogens is 326 g/mol. The maximum Gasteiger partial charge on any atom is 0.206 e. The lowest BCUT2D eigenvalue weighted by Crippen LogP contribution is -2.04. The van der Waals surface area contributed by atoms with Gasteiger partial charge in [0.15, 0.2) is 0 Å². The first kappa shape index (κ1) is 14.8. The van der Waals surface area contributed by atoms with Crippen LogP contribution in [0, 0.1) is 13.8 Å². The fourth-order valence-electron chi connectivity index (χ4n) is 2.75. The topological polar surface area (TPSA) is 85.2 Å². The number of pyridine rings is 1. The second-order valence-electron chi connectivity index (χ2n) is 5.61. The smallest absolute Gasteiger partial charge is 0.206 e. The number of aromatic nitrogens is 7. The van der Waals surface area contributed by atoms with Crippen LogP contribution in [0.4, 0.5) is 0 Å². The van der Waals surface area contributed by atoms with Gasteiger partial charge in [-0.2, -0.15) is 10.3 Å². The summed E-state index contributed by atoms with van der Waals surface area (Å²) in [7, 11) is 0. The first-order valence-electron chi connectivity index (χ1n) is 7.44. The predicted molar refractivity (Wildman–Crippen MR) is 90.7 cm³/mol. The first-order valence-corrected chi connectivity index (χ1v) is 7.82. The number of hydrogen-bond donors (Lipinski definition) is 1. The normalized spacial score (nSPS) is 11.3. The Morgan fingerprint density at radius 2 is 2.12 bits per heavy atom. The average Bonchev–Trinajstić information content (AvgIpc) is 3.20. The van der Waals surface area contributed by atoms with Crippen molar-refractivity contribution in [2.75, 3.05) is 0 Å². The van der Waals surface area contributed by atoms with E-state index < -0.39 is 0 Å². The van der Waals surface area contributed by atoms with E-state index in [1.54, 1.807) is 6.20 Å². The number of tetrazole rings is 1. The Bertz CT molecular complexity index is 1000. The molecule has 0 aliphatic carbocycles. The molecule has 120 valence electrons. The summed E-state index contributed by atoms with van der Waals surface area (Å²) in [4.78, 5) is 4.51. The second-order valence-corrected chi connectivity index (χ2v) is 6.01. The maximum atomic E-state index is 6.36. The Morgan fingerprint density at radius 3 is 2.88 bits per heavy atom. The molecule has 0 bridgehead atoms. The molecule has 4 aromatic rings. The van der Waals surface area contributed by atoms with E-state index in [4.69, 9.17) is 11.6 Å². The van der Waals surface area contributed by atoms with E-state index in [2.05, 4.69) is 30.7 Å². The number of aromatic amines is 1. The van der Waals surface area contributed by atoms with E-state index in [0.717, 1.165) is 38.4 Å². The molecule has 0 saturated carbocycles. The number of fused-ring (bicyclic) bond motifs is 1. The number of benzene rings is 1. The lowest BCUT2D eigenvalue weighted by Gasteiger charge is -2.09. The molecule has 7 nitrogen and oxygen atoms in total. The van der Waals surface area contributed by atoms with Crippen molar-refractivity contribution in [2.45, 2.75) is 20.4 Å². The van der Waals surface area contributed by atoms with Gasteiger partial charge in [0.05, 0.1) is 17.8 Å². The highest BCUT2D eigenvalue weighted by atomic mass is 35.5. The van der Waals surface area contributed by atoms with Crippen LogP contribution in [0.15, 0.2) is 30.5 Å². The van der Waals surface area contributed by atoms with Crippen LogP contribution in [0.1, 0.15) is 16.8 Å². The van der Waals surface area contributed by atoms with Crippen molar-refractivity contribution < 1.29 is 0 Å². The fourth-order valence-corrected chi connectivity index (χ4v) is 3.04. The number of nitrogens with one attached hydrogen (secondary N) is 1. The standard InChI is InChI=1S/C16H14ClN7/c1-9-4-3-5-13(17)12(9)8-24-14-6-11(16-19-22-23-20-16)7-18-15(14)10(2)21-24/h3-7H,8H2,1-2H3,(H,19,20,22,23). The summed E-state index contributed by atoms with van der Waals surface area (Å²) in [6.45, 7) is 4.56.